The second-order valence-electron chi connectivity index (χ2n) is 4.30. The molecule has 0 radical (unpaired) electrons. The molecule has 1 aliphatic heterocycles. The molecule has 0 N–H and O–H groups in total. The van der Waals surface area contributed by atoms with Crippen LogP contribution in [0.1, 0.15) is 20.3 Å². The minimum atomic E-state index is -0.239. The van der Waals surface area contributed by atoms with Crippen LogP contribution in [0.2, 0.25) is 0 Å². The SMILES string of the molecule is CCCN1CCN(C/C=C/C(=O)OCC)CC1. The molecule has 0 aliphatic carbocycles. The van der Waals surface area contributed by atoms with Crippen molar-refractivity contribution in [3.8, 4) is 0 Å². The van der Waals surface area contributed by atoms with Crippen molar-refractivity contribution in [1.29, 1.82) is 0 Å². The molecule has 1 saturated heterocycles. The van der Waals surface area contributed by atoms with Gasteiger partial charge in [-0.3, -0.25) is 4.90 Å². The van der Waals surface area contributed by atoms with Crippen LogP contribution in [0, 0.1) is 0 Å². The summed E-state index contributed by atoms with van der Waals surface area (Å²) in [4.78, 5) is 15.9. The molecular formula is C13H24N2O2. The molecule has 98 valence electrons. The number of hydrogen-bond donors (Lipinski definition) is 0. The minimum absolute atomic E-state index is 0.239. The standard InChI is InChI=1S/C13H24N2O2/c1-3-7-14-9-11-15(12-10-14)8-5-6-13(16)17-4-2/h5-6H,3-4,7-12H2,1-2H3/b6-5+. The first kappa shape index (κ1) is 14.2. The molecule has 0 atom stereocenters. The van der Waals surface area contributed by atoms with Crippen LogP contribution in [0.3, 0.4) is 0 Å². The van der Waals surface area contributed by atoms with E-state index in [2.05, 4.69) is 16.7 Å². The molecule has 17 heavy (non-hydrogen) atoms. The molecule has 4 nitrogen and oxygen atoms in total. The highest BCUT2D eigenvalue weighted by atomic mass is 16.5. The zero-order valence-corrected chi connectivity index (χ0v) is 11.0. The first-order chi connectivity index (χ1) is 8.26. The van der Waals surface area contributed by atoms with Crippen molar-refractivity contribution >= 4 is 5.97 Å². The van der Waals surface area contributed by atoms with Gasteiger partial charge in [-0.2, -0.15) is 0 Å². The van der Waals surface area contributed by atoms with Crippen molar-refractivity contribution in [3.63, 3.8) is 0 Å². The largest absolute Gasteiger partial charge is 0.463 e. The Morgan fingerprint density at radius 3 is 2.41 bits per heavy atom. The molecule has 0 spiro atoms. The van der Waals surface area contributed by atoms with Gasteiger partial charge in [-0.1, -0.05) is 13.0 Å². The van der Waals surface area contributed by atoms with Crippen LogP contribution in [0.25, 0.3) is 0 Å². The molecule has 0 saturated carbocycles. The molecule has 1 aliphatic rings. The van der Waals surface area contributed by atoms with Crippen LogP contribution in [0.5, 0.6) is 0 Å². The Bertz CT molecular complexity index is 246. The van der Waals surface area contributed by atoms with Gasteiger partial charge in [-0.05, 0) is 19.9 Å². The summed E-state index contributed by atoms with van der Waals surface area (Å²) in [6.07, 6.45) is 4.65. The third-order valence-electron chi connectivity index (χ3n) is 2.91. The minimum Gasteiger partial charge on any atom is -0.463 e. The first-order valence-electron chi connectivity index (χ1n) is 6.54. The quantitative estimate of drug-likeness (QED) is 0.515. The first-order valence-corrected chi connectivity index (χ1v) is 6.54. The fourth-order valence-electron chi connectivity index (χ4n) is 2.00. The second kappa shape index (κ2) is 8.25. The maximum absolute atomic E-state index is 11.1. The lowest BCUT2D eigenvalue weighted by atomic mass is 10.3. The summed E-state index contributed by atoms with van der Waals surface area (Å²) >= 11 is 0. The summed E-state index contributed by atoms with van der Waals surface area (Å²) in [5.41, 5.74) is 0. The van der Waals surface area contributed by atoms with E-state index in [0.29, 0.717) is 6.61 Å². The summed E-state index contributed by atoms with van der Waals surface area (Å²) in [6.45, 7) is 11.0. The predicted octanol–water partition coefficient (Wildman–Crippen LogP) is 1.13. The van der Waals surface area contributed by atoms with E-state index in [1.54, 1.807) is 0 Å². The number of carbonyl (C=O) groups excluding carboxylic acids is 1. The Morgan fingerprint density at radius 2 is 1.82 bits per heavy atom. The van der Waals surface area contributed by atoms with Crippen LogP contribution in [-0.4, -0.2) is 61.6 Å². The fraction of sp³-hybridized carbons (Fsp3) is 0.769. The Morgan fingerprint density at radius 1 is 1.18 bits per heavy atom. The molecule has 0 aromatic rings. The van der Waals surface area contributed by atoms with Crippen LogP contribution >= 0.6 is 0 Å². The Labute approximate surface area is 104 Å². The molecule has 0 unspecified atom stereocenters. The van der Waals surface area contributed by atoms with Gasteiger partial charge in [0.25, 0.3) is 0 Å². The number of esters is 1. The van der Waals surface area contributed by atoms with E-state index in [1.165, 1.54) is 19.0 Å². The van der Waals surface area contributed by atoms with E-state index in [9.17, 15) is 4.79 Å². The normalized spacial score (nSPS) is 18.7. The number of ether oxygens (including phenoxy) is 1. The summed E-state index contributed by atoms with van der Waals surface area (Å²) in [5, 5.41) is 0. The molecule has 1 fully saturated rings. The summed E-state index contributed by atoms with van der Waals surface area (Å²) in [7, 11) is 0. The van der Waals surface area contributed by atoms with Crippen LogP contribution in [-0.2, 0) is 9.53 Å². The van der Waals surface area contributed by atoms with Crippen molar-refractivity contribution in [2.24, 2.45) is 0 Å². The van der Waals surface area contributed by atoms with Crippen molar-refractivity contribution in [2.75, 3.05) is 45.9 Å². The highest BCUT2D eigenvalue weighted by Gasteiger charge is 2.14. The highest BCUT2D eigenvalue weighted by Crippen LogP contribution is 2.02. The van der Waals surface area contributed by atoms with Crippen LogP contribution in [0.15, 0.2) is 12.2 Å². The lowest BCUT2D eigenvalue weighted by Gasteiger charge is -2.33. The number of rotatable bonds is 6. The molecule has 0 bridgehead atoms. The molecule has 0 amide bonds. The number of hydrogen-bond acceptors (Lipinski definition) is 4. The van der Waals surface area contributed by atoms with Crippen LogP contribution in [0.4, 0.5) is 0 Å². The van der Waals surface area contributed by atoms with Crippen molar-refractivity contribution < 1.29 is 9.53 Å². The van der Waals surface area contributed by atoms with Gasteiger partial charge in [-0.25, -0.2) is 4.79 Å². The van der Waals surface area contributed by atoms with Gasteiger partial charge in [0.1, 0.15) is 0 Å². The average molecular weight is 240 g/mol. The van der Waals surface area contributed by atoms with E-state index in [-0.39, 0.29) is 5.97 Å². The second-order valence-corrected chi connectivity index (χ2v) is 4.30. The molecular weight excluding hydrogens is 216 g/mol. The summed E-state index contributed by atoms with van der Waals surface area (Å²) in [5.74, 6) is -0.239. The zero-order chi connectivity index (χ0) is 12.5. The van der Waals surface area contributed by atoms with Gasteiger partial charge in [0, 0.05) is 38.8 Å². The Balaban J connectivity index is 2.15. The number of piperazine rings is 1. The average Bonchev–Trinajstić information content (AvgIpc) is 2.32. The topological polar surface area (TPSA) is 32.8 Å². The number of nitrogens with zero attached hydrogens (tertiary/aromatic N) is 2. The maximum Gasteiger partial charge on any atom is 0.330 e. The Kier molecular flexibility index (Phi) is 6.89. The third kappa shape index (κ3) is 5.84. The van der Waals surface area contributed by atoms with E-state index >= 15 is 0 Å². The van der Waals surface area contributed by atoms with Crippen molar-refractivity contribution in [3.05, 3.63) is 12.2 Å². The number of carbonyl (C=O) groups is 1. The van der Waals surface area contributed by atoms with Gasteiger partial charge in [0.15, 0.2) is 0 Å². The smallest absolute Gasteiger partial charge is 0.330 e. The van der Waals surface area contributed by atoms with E-state index in [4.69, 9.17) is 4.74 Å². The third-order valence-corrected chi connectivity index (χ3v) is 2.91. The van der Waals surface area contributed by atoms with E-state index in [1.807, 2.05) is 13.0 Å². The van der Waals surface area contributed by atoms with Crippen molar-refractivity contribution in [2.45, 2.75) is 20.3 Å². The van der Waals surface area contributed by atoms with E-state index < -0.39 is 0 Å². The van der Waals surface area contributed by atoms with Gasteiger partial charge < -0.3 is 9.64 Å². The lowest BCUT2D eigenvalue weighted by Crippen LogP contribution is -2.46. The molecule has 0 aromatic heterocycles. The Hall–Kier alpha value is -0.870. The van der Waals surface area contributed by atoms with E-state index in [0.717, 1.165) is 32.7 Å². The zero-order valence-electron chi connectivity index (χ0n) is 11.0. The highest BCUT2D eigenvalue weighted by molar-refractivity contribution is 5.81. The van der Waals surface area contributed by atoms with Gasteiger partial charge in [0.2, 0.25) is 0 Å². The van der Waals surface area contributed by atoms with Gasteiger partial charge >= 0.3 is 5.97 Å². The summed E-state index contributed by atoms with van der Waals surface area (Å²) < 4.78 is 4.83. The monoisotopic (exact) mass is 240 g/mol. The van der Waals surface area contributed by atoms with Gasteiger partial charge in [-0.15, -0.1) is 0 Å². The molecule has 1 rings (SSSR count). The fourth-order valence-corrected chi connectivity index (χ4v) is 2.00. The van der Waals surface area contributed by atoms with Crippen LogP contribution < -0.4 is 0 Å². The predicted molar refractivity (Wildman–Crippen MR) is 68.9 cm³/mol. The summed E-state index contributed by atoms with van der Waals surface area (Å²) in [6, 6.07) is 0. The molecule has 1 heterocycles. The molecule has 4 heteroatoms. The maximum atomic E-state index is 11.1. The lowest BCUT2D eigenvalue weighted by molar-refractivity contribution is -0.137. The molecule has 0 aromatic carbocycles. The van der Waals surface area contributed by atoms with Crippen molar-refractivity contribution in [1.82, 2.24) is 9.80 Å². The van der Waals surface area contributed by atoms with Gasteiger partial charge in [0.05, 0.1) is 6.61 Å².